The molecule has 0 spiro atoms. The van der Waals surface area contributed by atoms with Gasteiger partial charge in [-0.1, -0.05) is 12.8 Å². The number of carbonyl (C=O) groups is 1. The van der Waals surface area contributed by atoms with Crippen molar-refractivity contribution >= 4 is 17.5 Å². The molecule has 98 valence electrons. The Balaban J connectivity index is 1.62. The lowest BCUT2D eigenvalue weighted by atomic mass is 10.0. The normalized spacial score (nSPS) is 32.7. The molecular formula is C13H22ClNO2. The van der Waals surface area contributed by atoms with Crippen LogP contribution < -0.4 is 5.32 Å². The molecule has 0 aromatic heterocycles. The van der Waals surface area contributed by atoms with Crippen LogP contribution in [0.2, 0.25) is 0 Å². The van der Waals surface area contributed by atoms with Crippen molar-refractivity contribution in [3.8, 4) is 0 Å². The molecule has 2 aliphatic carbocycles. The highest BCUT2D eigenvalue weighted by Gasteiger charge is 2.54. The van der Waals surface area contributed by atoms with Crippen LogP contribution in [0.1, 0.15) is 32.1 Å². The highest BCUT2D eigenvalue weighted by atomic mass is 35.5. The third-order valence-corrected chi connectivity index (χ3v) is 4.41. The van der Waals surface area contributed by atoms with Crippen molar-refractivity contribution < 1.29 is 9.53 Å². The molecule has 0 aliphatic heterocycles. The van der Waals surface area contributed by atoms with E-state index in [4.69, 9.17) is 16.3 Å². The molecular weight excluding hydrogens is 238 g/mol. The van der Waals surface area contributed by atoms with E-state index >= 15 is 0 Å². The predicted molar refractivity (Wildman–Crippen MR) is 68.1 cm³/mol. The number of carbonyl (C=O) groups excluding carboxylic acids is 1. The van der Waals surface area contributed by atoms with Gasteiger partial charge in [-0.05, 0) is 31.1 Å². The molecule has 3 nitrogen and oxygen atoms in total. The van der Waals surface area contributed by atoms with Crippen molar-refractivity contribution in [2.75, 3.05) is 20.3 Å². The van der Waals surface area contributed by atoms with Crippen molar-refractivity contribution in [1.29, 1.82) is 0 Å². The standard InChI is InChI=1S/C13H22ClNO2/c1-17-8-9(14)6-7-15-13(16)12-10-4-2-3-5-11(10)12/h9-12H,2-8H2,1H3,(H,15,16). The summed E-state index contributed by atoms with van der Waals surface area (Å²) in [5.74, 6) is 1.95. The second-order valence-corrected chi connectivity index (χ2v) is 5.89. The Labute approximate surface area is 108 Å². The van der Waals surface area contributed by atoms with E-state index in [1.165, 1.54) is 25.7 Å². The lowest BCUT2D eigenvalue weighted by Crippen LogP contribution is -2.29. The number of alkyl halides is 1. The van der Waals surface area contributed by atoms with Crippen molar-refractivity contribution in [3.05, 3.63) is 0 Å². The maximum absolute atomic E-state index is 11.9. The molecule has 4 heteroatoms. The van der Waals surface area contributed by atoms with Crippen LogP contribution in [0.25, 0.3) is 0 Å². The zero-order chi connectivity index (χ0) is 12.3. The Morgan fingerprint density at radius 2 is 2.06 bits per heavy atom. The zero-order valence-corrected chi connectivity index (χ0v) is 11.2. The Kier molecular flexibility index (Phi) is 4.69. The van der Waals surface area contributed by atoms with E-state index < -0.39 is 0 Å². The Hall–Kier alpha value is -0.280. The smallest absolute Gasteiger partial charge is 0.223 e. The van der Waals surface area contributed by atoms with Gasteiger partial charge in [0.1, 0.15) is 0 Å². The Morgan fingerprint density at radius 3 is 2.65 bits per heavy atom. The monoisotopic (exact) mass is 259 g/mol. The maximum Gasteiger partial charge on any atom is 0.223 e. The molecule has 2 aliphatic rings. The Bertz CT molecular complexity index is 260. The molecule has 3 unspecified atom stereocenters. The van der Waals surface area contributed by atoms with Gasteiger partial charge in [0.25, 0.3) is 0 Å². The van der Waals surface area contributed by atoms with Crippen LogP contribution in [-0.2, 0) is 9.53 Å². The number of fused-ring (bicyclic) bond motifs is 1. The van der Waals surface area contributed by atoms with Crippen LogP contribution in [0, 0.1) is 17.8 Å². The zero-order valence-electron chi connectivity index (χ0n) is 10.5. The topological polar surface area (TPSA) is 38.3 Å². The van der Waals surface area contributed by atoms with E-state index in [0.29, 0.717) is 30.9 Å². The van der Waals surface area contributed by atoms with Gasteiger partial charge >= 0.3 is 0 Å². The number of nitrogens with one attached hydrogen (secondary N) is 1. The van der Waals surface area contributed by atoms with Gasteiger partial charge in [-0.15, -0.1) is 11.6 Å². The highest BCUT2D eigenvalue weighted by Crippen LogP contribution is 2.55. The summed E-state index contributed by atoms with van der Waals surface area (Å²) >= 11 is 6.01. The average Bonchev–Trinajstić information content (AvgIpc) is 3.03. The van der Waals surface area contributed by atoms with E-state index in [1.807, 2.05) is 0 Å². The van der Waals surface area contributed by atoms with Gasteiger partial charge in [-0.2, -0.15) is 0 Å². The van der Waals surface area contributed by atoms with Crippen molar-refractivity contribution in [2.45, 2.75) is 37.5 Å². The van der Waals surface area contributed by atoms with Crippen LogP contribution in [-0.4, -0.2) is 31.5 Å². The number of hydrogen-bond donors (Lipinski definition) is 1. The summed E-state index contributed by atoms with van der Waals surface area (Å²) in [7, 11) is 1.64. The largest absolute Gasteiger partial charge is 0.383 e. The van der Waals surface area contributed by atoms with E-state index in [-0.39, 0.29) is 11.3 Å². The number of hydrogen-bond acceptors (Lipinski definition) is 2. The number of halogens is 1. The second kappa shape index (κ2) is 6.05. The molecule has 1 amide bonds. The van der Waals surface area contributed by atoms with Gasteiger partial charge < -0.3 is 10.1 Å². The van der Waals surface area contributed by atoms with E-state index in [9.17, 15) is 4.79 Å². The average molecular weight is 260 g/mol. The fraction of sp³-hybridized carbons (Fsp3) is 0.923. The third kappa shape index (κ3) is 3.35. The van der Waals surface area contributed by atoms with Crippen LogP contribution in [0.15, 0.2) is 0 Å². The SMILES string of the molecule is COCC(Cl)CCNC(=O)C1C2CCCCC21. The van der Waals surface area contributed by atoms with E-state index in [0.717, 1.165) is 6.42 Å². The second-order valence-electron chi connectivity index (χ2n) is 5.27. The minimum Gasteiger partial charge on any atom is -0.383 e. The molecule has 0 bridgehead atoms. The molecule has 2 fully saturated rings. The molecule has 0 radical (unpaired) electrons. The summed E-state index contributed by atoms with van der Waals surface area (Å²) in [6.07, 6.45) is 5.91. The fourth-order valence-electron chi connectivity index (χ4n) is 3.12. The quantitative estimate of drug-likeness (QED) is 0.743. The molecule has 0 heterocycles. The summed E-state index contributed by atoms with van der Waals surface area (Å²) in [6, 6.07) is 0. The van der Waals surface area contributed by atoms with Crippen molar-refractivity contribution in [1.82, 2.24) is 5.32 Å². The molecule has 2 saturated carbocycles. The first-order valence-electron chi connectivity index (χ1n) is 6.64. The van der Waals surface area contributed by atoms with Gasteiger partial charge in [-0.3, -0.25) is 4.79 Å². The molecule has 1 N–H and O–H groups in total. The number of rotatable bonds is 6. The summed E-state index contributed by atoms with van der Waals surface area (Å²) in [6.45, 7) is 1.22. The summed E-state index contributed by atoms with van der Waals surface area (Å²) < 4.78 is 4.95. The molecule has 17 heavy (non-hydrogen) atoms. The number of methoxy groups -OCH3 is 1. The highest BCUT2D eigenvalue weighted by molar-refractivity contribution is 6.20. The number of ether oxygens (including phenoxy) is 1. The van der Waals surface area contributed by atoms with Gasteiger partial charge in [0.15, 0.2) is 0 Å². The minimum atomic E-state index is 0.00165. The molecule has 2 rings (SSSR count). The van der Waals surface area contributed by atoms with Crippen molar-refractivity contribution in [2.24, 2.45) is 17.8 Å². The van der Waals surface area contributed by atoms with Gasteiger partial charge in [0.05, 0.1) is 12.0 Å². The fourth-order valence-corrected chi connectivity index (χ4v) is 3.35. The first-order valence-corrected chi connectivity index (χ1v) is 7.08. The first-order chi connectivity index (χ1) is 8.24. The number of amides is 1. The van der Waals surface area contributed by atoms with Gasteiger partial charge in [0.2, 0.25) is 5.91 Å². The minimum absolute atomic E-state index is 0.00165. The lowest BCUT2D eigenvalue weighted by molar-refractivity contribution is -0.122. The molecule has 0 aromatic carbocycles. The van der Waals surface area contributed by atoms with Crippen LogP contribution in [0.3, 0.4) is 0 Å². The molecule has 3 atom stereocenters. The van der Waals surface area contributed by atoms with Crippen LogP contribution in [0.5, 0.6) is 0 Å². The molecule has 0 aromatic rings. The van der Waals surface area contributed by atoms with Crippen molar-refractivity contribution in [3.63, 3.8) is 0 Å². The Morgan fingerprint density at radius 1 is 1.41 bits per heavy atom. The van der Waals surface area contributed by atoms with E-state index in [1.54, 1.807) is 7.11 Å². The third-order valence-electron chi connectivity index (χ3n) is 4.06. The van der Waals surface area contributed by atoms with E-state index in [2.05, 4.69) is 5.32 Å². The van der Waals surface area contributed by atoms with Gasteiger partial charge in [-0.25, -0.2) is 0 Å². The van der Waals surface area contributed by atoms with Crippen LogP contribution in [0.4, 0.5) is 0 Å². The predicted octanol–water partition coefficient (Wildman–Crippen LogP) is 2.18. The first kappa shape index (κ1) is 13.2. The maximum atomic E-state index is 11.9. The summed E-state index contributed by atoms with van der Waals surface area (Å²) in [5, 5.41) is 3.01. The lowest BCUT2D eigenvalue weighted by Gasteiger charge is -2.09. The van der Waals surface area contributed by atoms with Crippen LogP contribution >= 0.6 is 11.6 Å². The summed E-state index contributed by atoms with van der Waals surface area (Å²) in [4.78, 5) is 11.9. The summed E-state index contributed by atoms with van der Waals surface area (Å²) in [5.41, 5.74) is 0. The van der Waals surface area contributed by atoms with Gasteiger partial charge in [0, 0.05) is 19.6 Å². The molecule has 0 saturated heterocycles.